The van der Waals surface area contributed by atoms with E-state index in [1.54, 1.807) is 0 Å². The lowest BCUT2D eigenvalue weighted by molar-refractivity contribution is -0.0326. The lowest BCUT2D eigenvalue weighted by Crippen LogP contribution is -2.16. The molecule has 614 valence electrons. The van der Waals surface area contributed by atoms with Crippen molar-refractivity contribution < 1.29 is 152 Å². The third-order valence-corrected chi connectivity index (χ3v) is 12.5. The summed E-state index contributed by atoms with van der Waals surface area (Å²) < 4.78 is 176. The highest BCUT2D eigenvalue weighted by molar-refractivity contribution is 4.46. The molecule has 0 aliphatic heterocycles. The second-order valence-electron chi connectivity index (χ2n) is 20.9. The predicted octanol–water partition coefficient (Wildman–Crippen LogP) is 0.215. The van der Waals surface area contributed by atoms with Crippen molar-refractivity contribution >= 4 is 0 Å². The molecule has 0 aromatic carbocycles. The van der Waals surface area contributed by atoms with E-state index in [0.717, 1.165) is 12.8 Å². The van der Waals surface area contributed by atoms with Gasteiger partial charge < -0.3 is 163 Å². The van der Waals surface area contributed by atoms with Gasteiger partial charge in [0.05, 0.1) is 410 Å². The summed E-state index contributed by atoms with van der Waals surface area (Å²) in [4.78, 5) is 0. The van der Waals surface area contributed by atoms with E-state index in [9.17, 15) is 0 Å². The number of hydrogen-bond donors (Lipinski definition) is 2. The van der Waals surface area contributed by atoms with Crippen LogP contribution in [0.1, 0.15) is 12.8 Å². The van der Waals surface area contributed by atoms with Crippen LogP contribution in [0.2, 0.25) is 0 Å². The van der Waals surface area contributed by atoms with Gasteiger partial charge >= 0.3 is 0 Å². The third-order valence-electron chi connectivity index (χ3n) is 12.5. The molecular formula is C68H140N2O32. The molecule has 0 atom stereocenters. The van der Waals surface area contributed by atoms with Crippen LogP contribution in [0.25, 0.3) is 0 Å². The Balaban J connectivity index is 3.09. The Labute approximate surface area is 610 Å². The van der Waals surface area contributed by atoms with Crippen molar-refractivity contribution in [2.45, 2.75) is 12.8 Å². The Morgan fingerprint density at radius 2 is 0.127 bits per heavy atom. The zero-order chi connectivity index (χ0) is 72.7. The molecule has 0 unspecified atom stereocenters. The molecule has 0 saturated carbocycles. The molecule has 0 aromatic rings. The molecule has 0 aromatic heterocycles. The normalized spacial score (nSPS) is 11.8. The van der Waals surface area contributed by atoms with E-state index in [1.165, 1.54) is 0 Å². The van der Waals surface area contributed by atoms with E-state index in [1.807, 2.05) is 0 Å². The number of rotatable bonds is 99. The summed E-state index contributed by atoms with van der Waals surface area (Å²) in [5.74, 6) is 0. The Morgan fingerprint density at radius 1 is 0.0784 bits per heavy atom. The number of nitrogens with two attached hydrogens (primary N) is 2. The summed E-state index contributed by atoms with van der Waals surface area (Å²) >= 11 is 0. The first-order valence-electron chi connectivity index (χ1n) is 36.8. The van der Waals surface area contributed by atoms with Gasteiger partial charge in [-0.25, -0.2) is 0 Å². The highest BCUT2D eigenvalue weighted by Crippen LogP contribution is 1.94. The van der Waals surface area contributed by atoms with Gasteiger partial charge in [0.1, 0.15) is 0 Å². The summed E-state index contributed by atoms with van der Waals surface area (Å²) in [5.41, 5.74) is 10.8. The van der Waals surface area contributed by atoms with E-state index < -0.39 is 0 Å². The molecule has 4 N–H and O–H groups in total. The number of hydrogen-bond acceptors (Lipinski definition) is 34. The van der Waals surface area contributed by atoms with Crippen molar-refractivity contribution in [1.29, 1.82) is 0 Å². The first-order chi connectivity index (χ1) is 50.9. The van der Waals surface area contributed by atoms with E-state index in [-0.39, 0.29) is 0 Å². The van der Waals surface area contributed by atoms with Gasteiger partial charge in [0.2, 0.25) is 0 Å². The molecule has 0 saturated heterocycles. The third kappa shape index (κ3) is 98.6. The molecular weight excluding hydrogens is 1360 g/mol. The van der Waals surface area contributed by atoms with Crippen molar-refractivity contribution in [1.82, 2.24) is 0 Å². The minimum atomic E-state index is 0.479. The lowest BCUT2D eigenvalue weighted by atomic mass is 10.5. The molecule has 0 fully saturated rings. The zero-order valence-corrected chi connectivity index (χ0v) is 62.3. The minimum Gasteiger partial charge on any atom is -0.379 e. The molecule has 34 nitrogen and oxygen atoms in total. The summed E-state index contributed by atoms with van der Waals surface area (Å²) in [6, 6.07) is 0. The zero-order valence-electron chi connectivity index (χ0n) is 62.3. The summed E-state index contributed by atoms with van der Waals surface area (Å²) in [7, 11) is 0. The average molecular weight is 1500 g/mol. The van der Waals surface area contributed by atoms with Crippen LogP contribution in [0.3, 0.4) is 0 Å². The second-order valence-corrected chi connectivity index (χ2v) is 20.9. The van der Waals surface area contributed by atoms with Crippen LogP contribution in [-0.2, 0) is 152 Å². The second kappa shape index (κ2) is 99.6. The molecule has 0 aliphatic rings. The molecule has 0 radical (unpaired) electrons. The largest absolute Gasteiger partial charge is 0.379 e. The highest BCUT2D eigenvalue weighted by Gasteiger charge is 2.03. The maximum absolute atomic E-state index is 5.54. The van der Waals surface area contributed by atoms with Crippen LogP contribution in [0, 0.1) is 0 Å². The van der Waals surface area contributed by atoms with Crippen LogP contribution < -0.4 is 11.5 Å². The van der Waals surface area contributed by atoms with E-state index in [0.29, 0.717) is 436 Å². The van der Waals surface area contributed by atoms with E-state index in [2.05, 4.69) is 0 Å². The van der Waals surface area contributed by atoms with Crippen molar-refractivity contribution in [3.63, 3.8) is 0 Å². The van der Waals surface area contributed by atoms with Crippen molar-refractivity contribution in [3.05, 3.63) is 0 Å². The Hall–Kier alpha value is -1.36. The van der Waals surface area contributed by atoms with Crippen LogP contribution >= 0.6 is 0 Å². The van der Waals surface area contributed by atoms with Gasteiger partial charge in [0.25, 0.3) is 0 Å². The van der Waals surface area contributed by atoms with Crippen LogP contribution in [0.5, 0.6) is 0 Å². The average Bonchev–Trinajstić information content (AvgIpc) is 3.74. The van der Waals surface area contributed by atoms with Gasteiger partial charge in [0, 0.05) is 13.2 Å². The first-order valence-corrected chi connectivity index (χ1v) is 36.8. The smallest absolute Gasteiger partial charge is 0.0701 e. The topological polar surface area (TPSA) is 347 Å². The van der Waals surface area contributed by atoms with Gasteiger partial charge in [-0.15, -0.1) is 0 Å². The van der Waals surface area contributed by atoms with Crippen LogP contribution in [0.4, 0.5) is 0 Å². The van der Waals surface area contributed by atoms with E-state index in [4.69, 9.17) is 163 Å². The SMILES string of the molecule is NCCCOCCOCCOCCOCCOCCOCCOCCOCCOCCOCCOCCOCCOCCOCCOCCOCCOCCOCCOCCOCCOCCOCCOCCOCCOCCOCCOCCOCCOCCOCCOCCOCCCN. The fourth-order valence-corrected chi connectivity index (χ4v) is 7.29. The Bertz CT molecular complexity index is 1330. The van der Waals surface area contributed by atoms with Crippen molar-refractivity contribution in [3.8, 4) is 0 Å². The Morgan fingerprint density at radius 3 is 0.176 bits per heavy atom. The van der Waals surface area contributed by atoms with E-state index >= 15 is 0 Å². The predicted molar refractivity (Wildman–Crippen MR) is 374 cm³/mol. The van der Waals surface area contributed by atoms with Crippen LogP contribution in [-0.4, -0.2) is 436 Å². The van der Waals surface area contributed by atoms with Crippen molar-refractivity contribution in [2.75, 3.05) is 436 Å². The summed E-state index contributed by atoms with van der Waals surface area (Å²) in [6.45, 7) is 33.3. The molecule has 34 heteroatoms. The highest BCUT2D eigenvalue weighted by atomic mass is 16.6. The standard InChI is InChI=1S/C68H140N2O32/c69-3-1-5-71-7-9-73-11-13-75-15-17-77-19-21-79-23-25-81-27-29-83-31-33-85-35-37-87-39-41-89-43-45-91-47-49-93-51-53-95-55-57-97-59-61-99-63-65-101-67-68-102-66-64-100-62-60-98-58-56-96-54-52-94-50-48-92-46-44-90-42-40-88-38-36-86-34-32-84-30-28-82-26-24-80-22-20-78-18-16-76-14-12-74-10-8-72-6-2-4-70/h1-70H2. The Kier molecular flexibility index (Phi) is 98.3. The van der Waals surface area contributed by atoms with Gasteiger partial charge in [-0.3, -0.25) is 0 Å². The molecule has 102 heavy (non-hydrogen) atoms. The molecule has 0 spiro atoms. The summed E-state index contributed by atoms with van der Waals surface area (Å²) in [6.07, 6.45) is 1.73. The molecule has 0 amide bonds. The molecule has 0 aliphatic carbocycles. The van der Waals surface area contributed by atoms with Gasteiger partial charge in [0.15, 0.2) is 0 Å². The fourth-order valence-electron chi connectivity index (χ4n) is 7.29. The first kappa shape index (κ1) is 101. The quantitative estimate of drug-likeness (QED) is 0.0769. The molecule has 0 heterocycles. The van der Waals surface area contributed by atoms with Gasteiger partial charge in [-0.1, -0.05) is 0 Å². The van der Waals surface area contributed by atoms with Crippen LogP contribution in [0.15, 0.2) is 0 Å². The summed E-state index contributed by atoms with van der Waals surface area (Å²) in [5, 5.41) is 0. The molecule has 0 bridgehead atoms. The van der Waals surface area contributed by atoms with Crippen molar-refractivity contribution in [2.24, 2.45) is 11.5 Å². The number of ether oxygens (including phenoxy) is 32. The minimum absolute atomic E-state index is 0.479. The monoisotopic (exact) mass is 1500 g/mol. The van der Waals surface area contributed by atoms with Gasteiger partial charge in [-0.2, -0.15) is 0 Å². The maximum atomic E-state index is 5.54. The lowest BCUT2D eigenvalue weighted by Gasteiger charge is -2.09. The van der Waals surface area contributed by atoms with Gasteiger partial charge in [-0.05, 0) is 25.9 Å². The fraction of sp³-hybridized carbons (Fsp3) is 1.00. The molecule has 0 rings (SSSR count). The maximum Gasteiger partial charge on any atom is 0.0701 e.